The van der Waals surface area contributed by atoms with E-state index in [0.717, 1.165) is 19.5 Å². The van der Waals surface area contributed by atoms with Gasteiger partial charge in [-0.3, -0.25) is 9.69 Å². The first kappa shape index (κ1) is 14.0. The van der Waals surface area contributed by atoms with Crippen LogP contribution < -0.4 is 0 Å². The molecule has 0 bridgehead atoms. The molecule has 4 heteroatoms. The van der Waals surface area contributed by atoms with Crippen LogP contribution in [0.1, 0.15) is 18.9 Å². The third-order valence-corrected chi connectivity index (χ3v) is 3.32. The largest absolute Gasteiger partial charge is 0.481 e. The van der Waals surface area contributed by atoms with Gasteiger partial charge in [-0.05, 0) is 25.5 Å². The monoisotopic (exact) mass is 255 g/mol. The van der Waals surface area contributed by atoms with Gasteiger partial charge in [-0.1, -0.05) is 30.3 Å². The second-order valence-corrected chi connectivity index (χ2v) is 4.81. The molecule has 1 unspecified atom stereocenters. The van der Waals surface area contributed by atoms with Gasteiger partial charge in [0.1, 0.15) is 0 Å². The average Bonchev–Trinajstić information content (AvgIpc) is 2.63. The van der Waals surface area contributed by atoms with Crippen molar-refractivity contribution in [1.82, 2.24) is 4.90 Å². The lowest BCUT2D eigenvalue weighted by molar-refractivity contribution is -0.147. The number of carboxylic acids is 1. The summed E-state index contributed by atoms with van der Waals surface area (Å²) in [4.78, 5) is 13.3. The third-order valence-electron chi connectivity index (χ3n) is 3.32. The highest BCUT2D eigenvalue weighted by atomic mass is 35.5. The molecule has 0 spiro atoms. The molecule has 0 amide bonds. The lowest BCUT2D eigenvalue weighted by atomic mass is 9.90. The lowest BCUT2D eigenvalue weighted by Crippen LogP contribution is -2.31. The van der Waals surface area contributed by atoms with Crippen molar-refractivity contribution in [2.45, 2.75) is 19.9 Å². The number of halogens is 1. The van der Waals surface area contributed by atoms with Crippen molar-refractivity contribution < 1.29 is 9.90 Å². The van der Waals surface area contributed by atoms with E-state index < -0.39 is 11.4 Å². The summed E-state index contributed by atoms with van der Waals surface area (Å²) in [6.45, 7) is 4.21. The van der Waals surface area contributed by atoms with Crippen LogP contribution in [0.3, 0.4) is 0 Å². The average molecular weight is 256 g/mol. The quantitative estimate of drug-likeness (QED) is 0.902. The van der Waals surface area contributed by atoms with Gasteiger partial charge in [0.2, 0.25) is 0 Å². The van der Waals surface area contributed by atoms with Gasteiger partial charge in [0.15, 0.2) is 0 Å². The predicted octanol–water partition coefficient (Wildman–Crippen LogP) is 2.41. The summed E-state index contributed by atoms with van der Waals surface area (Å²) in [5.41, 5.74) is 0.687. The summed E-state index contributed by atoms with van der Waals surface area (Å²) in [5.74, 6) is -0.678. The topological polar surface area (TPSA) is 40.5 Å². The number of benzene rings is 1. The van der Waals surface area contributed by atoms with Crippen LogP contribution in [0.4, 0.5) is 0 Å². The minimum absolute atomic E-state index is 0. The first-order valence-corrected chi connectivity index (χ1v) is 5.60. The van der Waals surface area contributed by atoms with Crippen LogP contribution in [-0.4, -0.2) is 29.1 Å². The van der Waals surface area contributed by atoms with Gasteiger partial charge >= 0.3 is 5.97 Å². The minimum Gasteiger partial charge on any atom is -0.481 e. The molecule has 17 heavy (non-hydrogen) atoms. The normalized spacial score (nSPS) is 24.3. The molecule has 3 nitrogen and oxygen atoms in total. The summed E-state index contributed by atoms with van der Waals surface area (Å²) in [5, 5.41) is 9.13. The second kappa shape index (κ2) is 5.52. The van der Waals surface area contributed by atoms with E-state index in [1.54, 1.807) is 0 Å². The molecular formula is C13H18ClNO2. The van der Waals surface area contributed by atoms with Crippen molar-refractivity contribution >= 4 is 18.4 Å². The minimum atomic E-state index is -0.678. The highest BCUT2D eigenvalue weighted by Gasteiger charge is 2.40. The first-order valence-electron chi connectivity index (χ1n) is 5.60. The van der Waals surface area contributed by atoms with Crippen LogP contribution in [0, 0.1) is 5.41 Å². The molecule has 1 aromatic rings. The van der Waals surface area contributed by atoms with Crippen molar-refractivity contribution in [3.63, 3.8) is 0 Å². The van der Waals surface area contributed by atoms with Crippen LogP contribution in [0.25, 0.3) is 0 Å². The number of carboxylic acid groups (broad SMARTS) is 1. The molecule has 1 heterocycles. The van der Waals surface area contributed by atoms with E-state index in [-0.39, 0.29) is 12.4 Å². The molecule has 1 aliphatic heterocycles. The van der Waals surface area contributed by atoms with E-state index in [9.17, 15) is 4.79 Å². The summed E-state index contributed by atoms with van der Waals surface area (Å²) >= 11 is 0. The molecule has 0 saturated carbocycles. The van der Waals surface area contributed by atoms with Gasteiger partial charge < -0.3 is 5.11 Å². The number of hydrogen-bond acceptors (Lipinski definition) is 2. The van der Waals surface area contributed by atoms with Crippen molar-refractivity contribution in [3.05, 3.63) is 35.9 Å². The fourth-order valence-electron chi connectivity index (χ4n) is 2.21. The molecule has 2 rings (SSSR count). The molecule has 1 aromatic carbocycles. The zero-order valence-corrected chi connectivity index (χ0v) is 10.7. The van der Waals surface area contributed by atoms with Crippen molar-refractivity contribution in [3.8, 4) is 0 Å². The van der Waals surface area contributed by atoms with Crippen LogP contribution in [0.5, 0.6) is 0 Å². The Balaban J connectivity index is 0.00000144. The molecule has 0 aromatic heterocycles. The van der Waals surface area contributed by atoms with Crippen molar-refractivity contribution in [2.24, 2.45) is 5.41 Å². The molecule has 0 radical (unpaired) electrons. The predicted molar refractivity (Wildman–Crippen MR) is 69.3 cm³/mol. The first-order chi connectivity index (χ1) is 7.60. The van der Waals surface area contributed by atoms with Crippen LogP contribution in [-0.2, 0) is 11.3 Å². The fourth-order valence-corrected chi connectivity index (χ4v) is 2.21. The van der Waals surface area contributed by atoms with Crippen LogP contribution in [0.15, 0.2) is 30.3 Å². The summed E-state index contributed by atoms with van der Waals surface area (Å²) in [6, 6.07) is 10.2. The van der Waals surface area contributed by atoms with E-state index in [4.69, 9.17) is 5.11 Å². The van der Waals surface area contributed by atoms with Crippen LogP contribution >= 0.6 is 12.4 Å². The Labute approximate surface area is 108 Å². The number of carbonyl (C=O) groups is 1. The number of rotatable bonds is 3. The van der Waals surface area contributed by atoms with Crippen molar-refractivity contribution in [1.29, 1.82) is 0 Å². The molecule has 1 fully saturated rings. The fraction of sp³-hybridized carbons (Fsp3) is 0.462. The van der Waals surface area contributed by atoms with Crippen LogP contribution in [0.2, 0.25) is 0 Å². The Morgan fingerprint density at radius 1 is 1.41 bits per heavy atom. The highest BCUT2D eigenvalue weighted by Crippen LogP contribution is 2.30. The number of nitrogens with zero attached hydrogens (tertiary/aromatic N) is 1. The third kappa shape index (κ3) is 3.20. The number of likely N-dealkylation sites (tertiary alicyclic amines) is 1. The SMILES string of the molecule is CC1(C(=O)O)CCN(Cc2ccccc2)C1.Cl. The maximum absolute atomic E-state index is 11.1. The Morgan fingerprint density at radius 2 is 2.06 bits per heavy atom. The lowest BCUT2D eigenvalue weighted by Gasteiger charge is -2.19. The Hall–Kier alpha value is -1.06. The molecule has 1 saturated heterocycles. The van der Waals surface area contributed by atoms with Gasteiger partial charge in [-0.15, -0.1) is 12.4 Å². The number of aliphatic carboxylic acids is 1. The summed E-state index contributed by atoms with van der Waals surface area (Å²) in [6.07, 6.45) is 0.745. The molecule has 1 N–H and O–H groups in total. The van der Waals surface area contributed by atoms with Gasteiger partial charge in [0.25, 0.3) is 0 Å². The maximum Gasteiger partial charge on any atom is 0.310 e. The molecule has 1 atom stereocenters. The molecule has 0 aliphatic carbocycles. The molecule has 1 aliphatic rings. The van der Waals surface area contributed by atoms with E-state index >= 15 is 0 Å². The van der Waals surface area contributed by atoms with Crippen molar-refractivity contribution in [2.75, 3.05) is 13.1 Å². The summed E-state index contributed by atoms with van der Waals surface area (Å²) in [7, 11) is 0. The van der Waals surface area contributed by atoms with E-state index in [2.05, 4.69) is 17.0 Å². The Morgan fingerprint density at radius 3 is 2.59 bits per heavy atom. The van der Waals surface area contributed by atoms with Gasteiger partial charge in [0, 0.05) is 13.1 Å². The molecular weight excluding hydrogens is 238 g/mol. The highest BCUT2D eigenvalue weighted by molar-refractivity contribution is 5.85. The van der Waals surface area contributed by atoms with E-state index in [1.165, 1.54) is 5.56 Å². The molecule has 94 valence electrons. The Bertz CT molecular complexity index is 382. The van der Waals surface area contributed by atoms with E-state index in [1.807, 2.05) is 25.1 Å². The Kier molecular flexibility index (Phi) is 4.54. The van der Waals surface area contributed by atoms with E-state index in [0.29, 0.717) is 6.54 Å². The van der Waals surface area contributed by atoms with Gasteiger partial charge in [-0.25, -0.2) is 0 Å². The standard InChI is InChI=1S/C13H17NO2.ClH/c1-13(12(15)16)7-8-14(10-13)9-11-5-3-2-4-6-11;/h2-6H,7-10H2,1H3,(H,15,16);1H. The summed E-state index contributed by atoms with van der Waals surface area (Å²) < 4.78 is 0. The van der Waals surface area contributed by atoms with Gasteiger partial charge in [0.05, 0.1) is 5.41 Å². The second-order valence-electron chi connectivity index (χ2n) is 4.81. The number of hydrogen-bond donors (Lipinski definition) is 1. The maximum atomic E-state index is 11.1. The zero-order valence-electron chi connectivity index (χ0n) is 9.93. The zero-order chi connectivity index (χ0) is 11.6. The van der Waals surface area contributed by atoms with Gasteiger partial charge in [-0.2, -0.15) is 0 Å². The smallest absolute Gasteiger partial charge is 0.310 e.